The number of fused-ring (bicyclic) bond motifs is 1. The minimum Gasteiger partial charge on any atom is -0.359 e. The Hall–Kier alpha value is -4.87. The minimum atomic E-state index is -4.67. The molecule has 1 aliphatic rings. The lowest BCUT2D eigenvalue weighted by molar-refractivity contribution is -0.138. The van der Waals surface area contributed by atoms with Crippen molar-refractivity contribution in [2.45, 2.75) is 12.6 Å². The van der Waals surface area contributed by atoms with Gasteiger partial charge in [0.25, 0.3) is 5.91 Å². The predicted octanol–water partition coefficient (Wildman–Crippen LogP) is 6.07. The minimum absolute atomic E-state index is 0.00555. The van der Waals surface area contributed by atoms with Gasteiger partial charge in [-0.1, -0.05) is 12.1 Å². The number of hydrogen-bond donors (Lipinski definition) is 4. The third-order valence-electron chi connectivity index (χ3n) is 6.61. The number of nitrogens with one attached hydrogen (secondary N) is 4. The lowest BCUT2D eigenvalue weighted by Gasteiger charge is -2.19. The van der Waals surface area contributed by atoms with Gasteiger partial charge in [-0.05, 0) is 61.0 Å². The van der Waals surface area contributed by atoms with Crippen LogP contribution in [-0.4, -0.2) is 40.8 Å². The molecule has 0 radical (unpaired) electrons. The number of hydrogen-bond acceptors (Lipinski definition) is 3. The molecule has 1 unspecified atom stereocenters. The monoisotopic (exact) mass is 553 g/mol. The van der Waals surface area contributed by atoms with Crippen molar-refractivity contribution in [2.75, 3.05) is 29.0 Å². The molecule has 0 spiro atoms. The summed E-state index contributed by atoms with van der Waals surface area (Å²) in [6.45, 7) is 0.151. The van der Waals surface area contributed by atoms with E-state index in [1.54, 1.807) is 36.5 Å². The van der Waals surface area contributed by atoms with Crippen LogP contribution in [0, 0.1) is 11.7 Å². The first-order chi connectivity index (χ1) is 19.1. The Morgan fingerprint density at radius 1 is 0.900 bits per heavy atom. The number of alkyl halides is 3. The van der Waals surface area contributed by atoms with E-state index in [4.69, 9.17) is 0 Å². The number of rotatable bonds is 5. The Morgan fingerprint density at radius 2 is 1.60 bits per heavy atom. The average Bonchev–Trinajstić information content (AvgIpc) is 3.57. The average molecular weight is 554 g/mol. The van der Waals surface area contributed by atoms with Crippen molar-refractivity contribution in [3.05, 3.63) is 89.9 Å². The number of carbonyl (C=O) groups is 3. The highest BCUT2D eigenvalue weighted by Crippen LogP contribution is 2.33. The molecule has 8 nitrogen and oxygen atoms in total. The Balaban J connectivity index is 1.15. The second-order valence-corrected chi connectivity index (χ2v) is 9.32. The highest BCUT2D eigenvalue weighted by atomic mass is 19.4. The van der Waals surface area contributed by atoms with Crippen LogP contribution in [0.2, 0.25) is 0 Å². The van der Waals surface area contributed by atoms with Gasteiger partial charge in [0.05, 0.1) is 22.7 Å². The van der Waals surface area contributed by atoms with Gasteiger partial charge >= 0.3 is 12.2 Å². The molecule has 2 heterocycles. The molecule has 0 saturated carbocycles. The predicted molar refractivity (Wildman–Crippen MR) is 141 cm³/mol. The van der Waals surface area contributed by atoms with Crippen LogP contribution < -0.4 is 16.0 Å². The number of benzene rings is 3. The lowest BCUT2D eigenvalue weighted by Crippen LogP contribution is -2.32. The molecule has 4 aromatic rings. The maximum absolute atomic E-state index is 13.6. The van der Waals surface area contributed by atoms with E-state index in [1.807, 2.05) is 0 Å². The summed E-state index contributed by atoms with van der Waals surface area (Å²) in [5, 5.41) is 8.55. The summed E-state index contributed by atoms with van der Waals surface area (Å²) in [4.78, 5) is 42.2. The van der Waals surface area contributed by atoms with Crippen LogP contribution in [0.25, 0.3) is 10.9 Å². The highest BCUT2D eigenvalue weighted by molar-refractivity contribution is 6.06. The van der Waals surface area contributed by atoms with E-state index < -0.39 is 41.0 Å². The van der Waals surface area contributed by atoms with Crippen LogP contribution in [0.5, 0.6) is 0 Å². The molecule has 4 N–H and O–H groups in total. The van der Waals surface area contributed by atoms with E-state index in [0.29, 0.717) is 34.4 Å². The fraction of sp³-hybridized carbons (Fsp3) is 0.179. The number of aromatic amines is 1. The molecule has 0 bridgehead atoms. The third-order valence-corrected chi connectivity index (χ3v) is 6.61. The van der Waals surface area contributed by atoms with Gasteiger partial charge in [0.1, 0.15) is 5.82 Å². The first-order valence-corrected chi connectivity index (χ1v) is 12.3. The fourth-order valence-corrected chi connectivity index (χ4v) is 4.61. The number of urea groups is 1. The van der Waals surface area contributed by atoms with Gasteiger partial charge in [0.15, 0.2) is 0 Å². The standard InChI is InChI=1S/C28H23F4N5O3/c29-17-5-10-23-21(13-17)24(14-33-23)36-27(40)35-19-8-6-18(7-9-19)34-25(38)16-11-12-37(15-16)26(39)20-3-1-2-4-22(20)28(30,31)32/h1-10,13-14,16,33H,11-12,15H2,(H,34,38)(H2,35,36,40). The van der Waals surface area contributed by atoms with Crippen LogP contribution in [0.4, 0.5) is 39.4 Å². The summed E-state index contributed by atoms with van der Waals surface area (Å²) in [5.41, 5.74) is 0.489. The molecule has 3 aromatic carbocycles. The number of halogens is 4. The lowest BCUT2D eigenvalue weighted by atomic mass is 10.1. The van der Waals surface area contributed by atoms with E-state index in [9.17, 15) is 31.9 Å². The summed E-state index contributed by atoms with van der Waals surface area (Å²) in [5.74, 6) is -2.16. The molecule has 0 aliphatic carbocycles. The molecule has 1 atom stereocenters. The number of H-pyrrole nitrogens is 1. The van der Waals surface area contributed by atoms with E-state index in [-0.39, 0.29) is 19.0 Å². The largest absolute Gasteiger partial charge is 0.417 e. The van der Waals surface area contributed by atoms with Crippen LogP contribution in [-0.2, 0) is 11.0 Å². The van der Waals surface area contributed by atoms with Crippen LogP contribution >= 0.6 is 0 Å². The summed E-state index contributed by atoms with van der Waals surface area (Å²) in [6, 6.07) is 14.5. The van der Waals surface area contributed by atoms with Crippen LogP contribution in [0.3, 0.4) is 0 Å². The second-order valence-electron chi connectivity index (χ2n) is 9.32. The maximum atomic E-state index is 13.6. The summed E-state index contributed by atoms with van der Waals surface area (Å²) in [7, 11) is 0. The highest BCUT2D eigenvalue weighted by Gasteiger charge is 2.38. The normalized spacial score (nSPS) is 15.2. The molecule has 4 amide bonds. The van der Waals surface area contributed by atoms with Crippen molar-refractivity contribution in [1.29, 1.82) is 0 Å². The zero-order valence-corrected chi connectivity index (χ0v) is 20.8. The van der Waals surface area contributed by atoms with Gasteiger partial charge in [-0.2, -0.15) is 13.2 Å². The molecule has 206 valence electrons. The number of anilines is 3. The molecule has 40 heavy (non-hydrogen) atoms. The van der Waals surface area contributed by atoms with Crippen LogP contribution in [0.1, 0.15) is 22.3 Å². The van der Waals surface area contributed by atoms with Crippen molar-refractivity contribution in [3.8, 4) is 0 Å². The summed E-state index contributed by atoms with van der Waals surface area (Å²) in [6.07, 6.45) is -2.81. The topological polar surface area (TPSA) is 106 Å². The number of likely N-dealkylation sites (tertiary alicyclic amines) is 1. The van der Waals surface area contributed by atoms with E-state index in [0.717, 1.165) is 12.1 Å². The molecule has 1 aromatic heterocycles. The van der Waals surface area contributed by atoms with Crippen molar-refractivity contribution < 1.29 is 31.9 Å². The smallest absolute Gasteiger partial charge is 0.359 e. The van der Waals surface area contributed by atoms with Gasteiger partial charge in [-0.25, -0.2) is 9.18 Å². The Kier molecular flexibility index (Phi) is 7.16. The van der Waals surface area contributed by atoms with E-state index in [1.165, 1.54) is 29.2 Å². The fourth-order valence-electron chi connectivity index (χ4n) is 4.61. The van der Waals surface area contributed by atoms with Crippen molar-refractivity contribution in [1.82, 2.24) is 9.88 Å². The van der Waals surface area contributed by atoms with E-state index in [2.05, 4.69) is 20.9 Å². The molecule has 1 saturated heterocycles. The summed E-state index contributed by atoms with van der Waals surface area (Å²) >= 11 is 0. The Morgan fingerprint density at radius 3 is 2.33 bits per heavy atom. The molecular weight excluding hydrogens is 530 g/mol. The van der Waals surface area contributed by atoms with Gasteiger partial charge < -0.3 is 25.8 Å². The molecule has 12 heteroatoms. The zero-order chi connectivity index (χ0) is 28.4. The Bertz CT molecular complexity index is 1580. The zero-order valence-electron chi connectivity index (χ0n) is 20.8. The third kappa shape index (κ3) is 5.75. The Labute approximate surface area is 225 Å². The maximum Gasteiger partial charge on any atom is 0.417 e. The first kappa shape index (κ1) is 26.7. The molecule has 1 aliphatic heterocycles. The number of amides is 4. The van der Waals surface area contributed by atoms with Crippen LogP contribution in [0.15, 0.2) is 72.9 Å². The van der Waals surface area contributed by atoms with Gasteiger partial charge in [0, 0.05) is 41.6 Å². The first-order valence-electron chi connectivity index (χ1n) is 12.3. The quantitative estimate of drug-likeness (QED) is 0.225. The number of nitrogens with zero attached hydrogens (tertiary/aromatic N) is 1. The van der Waals surface area contributed by atoms with Gasteiger partial charge in [0.2, 0.25) is 5.91 Å². The molecule has 1 fully saturated rings. The van der Waals surface area contributed by atoms with Crippen molar-refractivity contribution in [2.24, 2.45) is 5.92 Å². The number of carbonyl (C=O) groups excluding carboxylic acids is 3. The van der Waals surface area contributed by atoms with Gasteiger partial charge in [-0.3, -0.25) is 9.59 Å². The second kappa shape index (κ2) is 10.7. The van der Waals surface area contributed by atoms with Crippen molar-refractivity contribution >= 4 is 45.8 Å². The SMILES string of the molecule is O=C(Nc1ccc(NC(=O)C2CCN(C(=O)c3ccccc3C(F)(F)F)C2)cc1)Nc1c[nH]c2ccc(F)cc12. The van der Waals surface area contributed by atoms with Crippen molar-refractivity contribution in [3.63, 3.8) is 0 Å². The molecular formula is C28H23F4N5O3. The summed E-state index contributed by atoms with van der Waals surface area (Å²) < 4.78 is 53.5. The number of aromatic nitrogens is 1. The van der Waals surface area contributed by atoms with E-state index >= 15 is 0 Å². The molecule has 5 rings (SSSR count). The van der Waals surface area contributed by atoms with Gasteiger partial charge in [-0.15, -0.1) is 0 Å².